The Hall–Kier alpha value is -2.65. The first kappa shape index (κ1) is 18.2. The van der Waals surface area contributed by atoms with Crippen molar-refractivity contribution in [2.45, 2.75) is 20.8 Å². The second-order valence-corrected chi connectivity index (χ2v) is 6.56. The Kier molecular flexibility index (Phi) is 5.69. The molecule has 0 aliphatic rings. The highest BCUT2D eigenvalue weighted by Gasteiger charge is 2.10. The smallest absolute Gasteiger partial charge is 0.134 e. The average molecular weight is 364 g/mol. The average Bonchev–Trinajstić information content (AvgIpc) is 2.62. The van der Waals surface area contributed by atoms with E-state index in [-0.39, 0.29) is 0 Å². The van der Waals surface area contributed by atoms with Crippen LogP contribution in [-0.4, -0.2) is 17.4 Å². The van der Waals surface area contributed by atoms with E-state index < -0.39 is 0 Å². The van der Waals surface area contributed by atoms with Gasteiger partial charge in [0.1, 0.15) is 11.7 Å². The lowest BCUT2D eigenvalue weighted by Crippen LogP contribution is -2.16. The van der Waals surface area contributed by atoms with Crippen LogP contribution in [-0.2, 0) is 0 Å². The van der Waals surface area contributed by atoms with Gasteiger partial charge in [0.25, 0.3) is 0 Å². The number of nitrogens with one attached hydrogen (secondary N) is 1. The van der Waals surface area contributed by atoms with Crippen molar-refractivity contribution in [3.05, 3.63) is 82.4 Å². The third-order valence-electron chi connectivity index (χ3n) is 4.08. The summed E-state index contributed by atoms with van der Waals surface area (Å²) in [4.78, 5) is 9.41. The minimum atomic E-state index is 0.693. The Labute approximate surface area is 159 Å². The summed E-state index contributed by atoms with van der Waals surface area (Å²) in [6, 6.07) is 20.0. The second kappa shape index (κ2) is 8.15. The van der Waals surface area contributed by atoms with Gasteiger partial charge >= 0.3 is 0 Å². The van der Waals surface area contributed by atoms with Gasteiger partial charge in [-0.25, -0.2) is 4.98 Å². The van der Waals surface area contributed by atoms with Crippen LogP contribution >= 0.6 is 11.6 Å². The summed E-state index contributed by atoms with van der Waals surface area (Å²) in [6.07, 6.45) is 0. The highest BCUT2D eigenvalue weighted by Crippen LogP contribution is 2.28. The molecule has 0 bridgehead atoms. The minimum Gasteiger partial charge on any atom is -0.325 e. The Bertz CT molecular complexity index is 948. The number of amidine groups is 1. The molecule has 1 aromatic heterocycles. The molecule has 0 amide bonds. The zero-order valence-electron chi connectivity index (χ0n) is 15.3. The van der Waals surface area contributed by atoms with Crippen LogP contribution in [0.3, 0.4) is 0 Å². The van der Waals surface area contributed by atoms with Crippen LogP contribution in [0.2, 0.25) is 5.02 Å². The fourth-order valence-corrected chi connectivity index (χ4v) is 3.08. The van der Waals surface area contributed by atoms with Crippen molar-refractivity contribution >= 4 is 23.3 Å². The summed E-state index contributed by atoms with van der Waals surface area (Å²) in [5.74, 6) is 1.59. The number of hydrogen-bond acceptors (Lipinski definition) is 2. The van der Waals surface area contributed by atoms with Crippen LogP contribution in [0.1, 0.15) is 23.6 Å². The molecule has 3 aromatic rings. The summed E-state index contributed by atoms with van der Waals surface area (Å²) < 4.78 is 0. The van der Waals surface area contributed by atoms with Gasteiger partial charge < -0.3 is 5.32 Å². The Balaban J connectivity index is 2.00. The van der Waals surface area contributed by atoms with Crippen molar-refractivity contribution in [1.29, 1.82) is 0 Å². The lowest BCUT2D eigenvalue weighted by molar-refractivity contribution is 1.12. The van der Waals surface area contributed by atoms with Crippen molar-refractivity contribution < 1.29 is 0 Å². The summed E-state index contributed by atoms with van der Waals surface area (Å²) in [5, 5.41) is 4.10. The summed E-state index contributed by atoms with van der Waals surface area (Å²) in [6.45, 7) is 6.86. The van der Waals surface area contributed by atoms with Gasteiger partial charge in [0.15, 0.2) is 0 Å². The molecule has 0 unspecified atom stereocenters. The largest absolute Gasteiger partial charge is 0.325 e. The molecule has 0 fully saturated rings. The standard InChI is InChI=1S/C22H22ClN3/c1-4-24-22(17-10-6-5-9-16(17)3)26-21-14-15(2)13-20(25-21)18-11-7-8-12-19(18)23/h5-14H,4H2,1-3H3,(H,24,25,26). The van der Waals surface area contributed by atoms with E-state index in [1.54, 1.807) is 0 Å². The molecule has 1 N–H and O–H groups in total. The first-order valence-corrected chi connectivity index (χ1v) is 9.07. The van der Waals surface area contributed by atoms with Crippen LogP contribution in [0.4, 0.5) is 5.82 Å². The molecule has 0 saturated carbocycles. The number of nitrogens with zero attached hydrogens (tertiary/aromatic N) is 2. The molecule has 0 aliphatic heterocycles. The van der Waals surface area contributed by atoms with Gasteiger partial charge in [0.2, 0.25) is 0 Å². The fraction of sp³-hybridized carbons (Fsp3) is 0.182. The molecule has 3 rings (SSSR count). The number of anilines is 1. The minimum absolute atomic E-state index is 0.693. The van der Waals surface area contributed by atoms with Gasteiger partial charge in [-0.3, -0.25) is 4.99 Å². The van der Waals surface area contributed by atoms with Crippen molar-refractivity contribution in [1.82, 2.24) is 4.98 Å². The van der Waals surface area contributed by atoms with Gasteiger partial charge in [0, 0.05) is 22.7 Å². The van der Waals surface area contributed by atoms with Crippen LogP contribution in [0.15, 0.2) is 65.7 Å². The number of pyridine rings is 1. The van der Waals surface area contributed by atoms with Crippen molar-refractivity contribution in [2.75, 3.05) is 11.9 Å². The number of halogens is 1. The molecule has 0 saturated heterocycles. The lowest BCUT2D eigenvalue weighted by atomic mass is 10.1. The monoisotopic (exact) mass is 363 g/mol. The topological polar surface area (TPSA) is 37.3 Å². The molecule has 0 atom stereocenters. The number of aromatic nitrogens is 1. The van der Waals surface area contributed by atoms with Gasteiger partial charge in [-0.1, -0.05) is 54.1 Å². The third kappa shape index (κ3) is 4.12. The highest BCUT2D eigenvalue weighted by molar-refractivity contribution is 6.33. The van der Waals surface area contributed by atoms with E-state index in [2.05, 4.69) is 36.3 Å². The molecule has 3 nitrogen and oxygen atoms in total. The zero-order valence-corrected chi connectivity index (χ0v) is 16.0. The van der Waals surface area contributed by atoms with Gasteiger partial charge in [-0.2, -0.15) is 0 Å². The maximum absolute atomic E-state index is 6.35. The van der Waals surface area contributed by atoms with E-state index in [0.29, 0.717) is 11.6 Å². The van der Waals surface area contributed by atoms with Crippen molar-refractivity contribution in [2.24, 2.45) is 4.99 Å². The summed E-state index contributed by atoms with van der Waals surface area (Å²) in [7, 11) is 0. The number of benzene rings is 2. The predicted octanol–water partition coefficient (Wildman–Crippen LogP) is 5.90. The normalized spacial score (nSPS) is 11.5. The van der Waals surface area contributed by atoms with E-state index >= 15 is 0 Å². The van der Waals surface area contributed by atoms with E-state index in [9.17, 15) is 0 Å². The summed E-state index contributed by atoms with van der Waals surface area (Å²) in [5.41, 5.74) is 5.13. The SMILES string of the molecule is CCN=C(Nc1cc(C)cc(-c2ccccc2Cl)n1)c1ccccc1C. The number of hydrogen-bond donors (Lipinski definition) is 1. The van der Waals surface area contributed by atoms with Crippen molar-refractivity contribution in [3.8, 4) is 11.3 Å². The molecule has 1 heterocycles. The Morgan fingerprint density at radius 3 is 2.50 bits per heavy atom. The zero-order chi connectivity index (χ0) is 18.5. The third-order valence-corrected chi connectivity index (χ3v) is 4.41. The fourth-order valence-electron chi connectivity index (χ4n) is 2.85. The molecule has 4 heteroatoms. The first-order valence-electron chi connectivity index (χ1n) is 8.69. The van der Waals surface area contributed by atoms with Gasteiger partial charge in [0.05, 0.1) is 5.69 Å². The maximum Gasteiger partial charge on any atom is 0.134 e. The van der Waals surface area contributed by atoms with E-state index in [1.165, 1.54) is 5.56 Å². The van der Waals surface area contributed by atoms with Crippen LogP contribution < -0.4 is 5.32 Å². The van der Waals surface area contributed by atoms with Crippen LogP contribution in [0, 0.1) is 13.8 Å². The molecule has 0 radical (unpaired) electrons. The second-order valence-electron chi connectivity index (χ2n) is 6.16. The van der Waals surface area contributed by atoms with Crippen LogP contribution in [0.25, 0.3) is 11.3 Å². The molecule has 132 valence electrons. The first-order chi connectivity index (χ1) is 12.6. The molecule has 2 aromatic carbocycles. The Morgan fingerprint density at radius 2 is 1.77 bits per heavy atom. The molecular weight excluding hydrogens is 342 g/mol. The lowest BCUT2D eigenvalue weighted by Gasteiger charge is -2.14. The van der Waals surface area contributed by atoms with E-state index in [1.807, 2.05) is 55.5 Å². The summed E-state index contributed by atoms with van der Waals surface area (Å²) >= 11 is 6.35. The quantitative estimate of drug-likeness (QED) is 0.463. The van der Waals surface area contributed by atoms with Crippen molar-refractivity contribution in [3.63, 3.8) is 0 Å². The van der Waals surface area contributed by atoms with Gasteiger partial charge in [-0.15, -0.1) is 0 Å². The molecular formula is C22H22ClN3. The molecule has 26 heavy (non-hydrogen) atoms. The number of aliphatic imine (C=N–C) groups is 1. The molecule has 0 aliphatic carbocycles. The van der Waals surface area contributed by atoms with E-state index in [0.717, 1.165) is 34.0 Å². The highest BCUT2D eigenvalue weighted by atomic mass is 35.5. The number of aryl methyl sites for hydroxylation is 2. The Morgan fingerprint density at radius 1 is 1.04 bits per heavy atom. The van der Waals surface area contributed by atoms with Gasteiger partial charge in [-0.05, 0) is 50.1 Å². The maximum atomic E-state index is 6.35. The van der Waals surface area contributed by atoms with Crippen LogP contribution in [0.5, 0.6) is 0 Å². The van der Waals surface area contributed by atoms with E-state index in [4.69, 9.17) is 16.6 Å². The molecule has 0 spiro atoms. The predicted molar refractivity (Wildman–Crippen MR) is 111 cm³/mol. The number of rotatable bonds is 4.